The van der Waals surface area contributed by atoms with Gasteiger partial charge in [0, 0.05) is 21.7 Å². The van der Waals surface area contributed by atoms with E-state index >= 15 is 13.2 Å². The number of amides is 1. The van der Waals surface area contributed by atoms with Crippen molar-refractivity contribution in [2.24, 2.45) is 0 Å². The maximum absolute atomic E-state index is 15.3. The molecule has 0 atom stereocenters. The van der Waals surface area contributed by atoms with Crippen molar-refractivity contribution in [3.05, 3.63) is 80.1 Å². The first-order chi connectivity index (χ1) is 18.8. The maximum Gasteiger partial charge on any atom is 0.300 e. The molecule has 0 aliphatic heterocycles. The van der Waals surface area contributed by atoms with Crippen molar-refractivity contribution in [3.8, 4) is 0 Å². The van der Waals surface area contributed by atoms with Gasteiger partial charge in [0.05, 0.1) is 24.0 Å². The third-order valence-electron chi connectivity index (χ3n) is 6.33. The SMILES string of the molecule is CONC(=O)c1cc(Cc2ccnc(NS(=O)(=O)NC3(C)CCC3)c2F)c(F)c(F)c1Nc1ccc(I)cc1F. The van der Waals surface area contributed by atoms with Gasteiger partial charge in [-0.3, -0.25) is 14.4 Å². The van der Waals surface area contributed by atoms with Gasteiger partial charge >= 0.3 is 10.2 Å². The highest BCUT2D eigenvalue weighted by molar-refractivity contribution is 14.1. The second kappa shape index (κ2) is 11.8. The van der Waals surface area contributed by atoms with Gasteiger partial charge in [-0.25, -0.2) is 28.0 Å². The number of nitrogens with zero attached hydrogens (tertiary/aromatic N) is 1. The zero-order valence-corrected chi connectivity index (χ0v) is 24.1. The summed E-state index contributed by atoms with van der Waals surface area (Å²) in [5, 5.41) is 2.40. The van der Waals surface area contributed by atoms with E-state index in [4.69, 9.17) is 0 Å². The Morgan fingerprint density at radius 1 is 1.07 bits per heavy atom. The van der Waals surface area contributed by atoms with Crippen molar-refractivity contribution in [2.45, 2.75) is 38.1 Å². The molecular formula is C25H24F4IN5O4S. The predicted octanol–water partition coefficient (Wildman–Crippen LogP) is 5.06. The topological polar surface area (TPSA) is 121 Å². The van der Waals surface area contributed by atoms with Crippen LogP contribution in [0.5, 0.6) is 0 Å². The molecule has 0 radical (unpaired) electrons. The molecule has 2 aromatic carbocycles. The molecule has 1 amide bonds. The number of rotatable bonds is 10. The van der Waals surface area contributed by atoms with Crippen LogP contribution in [0.4, 0.5) is 34.8 Å². The lowest BCUT2D eigenvalue weighted by atomic mass is 9.80. The minimum Gasteiger partial charge on any atom is -0.350 e. The summed E-state index contributed by atoms with van der Waals surface area (Å²) in [6.07, 6.45) is 2.61. The van der Waals surface area contributed by atoms with Crippen molar-refractivity contribution in [1.29, 1.82) is 0 Å². The molecule has 1 heterocycles. The number of hydroxylamine groups is 1. The number of benzene rings is 2. The number of hydrogen-bond donors (Lipinski definition) is 4. The standard InChI is InChI=1S/C25H24F4IN5O4S/c1-25(7-3-8-25)35-40(37,38)34-23-20(28)13(6-9-31-23)10-14-11-16(24(36)33-39-2)22(21(29)19(14)27)32-18-5-4-15(30)12-17(18)26/h4-6,9,11-12,32,35H,3,7-8,10H2,1-2H3,(H,31,34)(H,33,36). The fraction of sp³-hybridized carbons (Fsp3) is 0.280. The number of nitrogens with one attached hydrogen (secondary N) is 4. The summed E-state index contributed by atoms with van der Waals surface area (Å²) < 4.78 is 90.3. The number of aromatic nitrogens is 1. The quantitative estimate of drug-likeness (QED) is 0.134. The van der Waals surface area contributed by atoms with Crippen molar-refractivity contribution in [3.63, 3.8) is 0 Å². The van der Waals surface area contributed by atoms with E-state index in [0.29, 0.717) is 16.4 Å². The van der Waals surface area contributed by atoms with Crippen LogP contribution in [-0.2, 0) is 21.5 Å². The molecule has 1 aliphatic rings. The highest BCUT2D eigenvalue weighted by Crippen LogP contribution is 2.33. The Hall–Kier alpha value is -3.02. The molecule has 1 aliphatic carbocycles. The van der Waals surface area contributed by atoms with Crippen LogP contribution >= 0.6 is 22.6 Å². The lowest BCUT2D eigenvalue weighted by Gasteiger charge is -2.38. The molecule has 15 heteroatoms. The van der Waals surface area contributed by atoms with Gasteiger partial charge in [-0.15, -0.1) is 0 Å². The highest BCUT2D eigenvalue weighted by atomic mass is 127. The van der Waals surface area contributed by atoms with Crippen LogP contribution in [0.3, 0.4) is 0 Å². The maximum atomic E-state index is 15.3. The van der Waals surface area contributed by atoms with Crippen LogP contribution in [0.1, 0.15) is 47.7 Å². The molecule has 1 saturated carbocycles. The lowest BCUT2D eigenvalue weighted by Crippen LogP contribution is -2.52. The van der Waals surface area contributed by atoms with Crippen LogP contribution in [0.15, 0.2) is 36.5 Å². The molecule has 4 rings (SSSR count). The van der Waals surface area contributed by atoms with Gasteiger partial charge in [0.1, 0.15) is 5.82 Å². The van der Waals surface area contributed by atoms with E-state index in [-0.39, 0.29) is 11.3 Å². The van der Waals surface area contributed by atoms with Gasteiger partial charge in [0.25, 0.3) is 5.91 Å². The molecule has 0 spiro atoms. The predicted molar refractivity (Wildman–Crippen MR) is 148 cm³/mol. The van der Waals surface area contributed by atoms with Gasteiger partial charge in [-0.05, 0) is 90.2 Å². The first kappa shape index (κ1) is 30.0. The van der Waals surface area contributed by atoms with Gasteiger partial charge in [0.2, 0.25) is 0 Å². The summed E-state index contributed by atoms with van der Waals surface area (Å²) >= 11 is 1.87. The smallest absolute Gasteiger partial charge is 0.300 e. The largest absolute Gasteiger partial charge is 0.350 e. The summed E-state index contributed by atoms with van der Waals surface area (Å²) in [5.74, 6) is -6.47. The van der Waals surface area contributed by atoms with E-state index in [0.717, 1.165) is 37.9 Å². The van der Waals surface area contributed by atoms with Gasteiger partial charge in [-0.2, -0.15) is 13.1 Å². The molecule has 9 nitrogen and oxygen atoms in total. The van der Waals surface area contributed by atoms with Gasteiger partial charge in [-0.1, -0.05) is 0 Å². The van der Waals surface area contributed by atoms with Gasteiger partial charge < -0.3 is 5.32 Å². The summed E-state index contributed by atoms with van der Waals surface area (Å²) in [7, 11) is -3.06. The molecule has 40 heavy (non-hydrogen) atoms. The number of halogens is 5. The van der Waals surface area contributed by atoms with Crippen molar-refractivity contribution in [2.75, 3.05) is 17.1 Å². The second-order valence-electron chi connectivity index (χ2n) is 9.40. The summed E-state index contributed by atoms with van der Waals surface area (Å²) in [4.78, 5) is 21.0. The molecular weight excluding hydrogens is 669 g/mol. The lowest BCUT2D eigenvalue weighted by molar-refractivity contribution is 0.0538. The van der Waals surface area contributed by atoms with Crippen LogP contribution in [0, 0.1) is 26.8 Å². The van der Waals surface area contributed by atoms with E-state index in [1.807, 2.05) is 32.8 Å². The normalized spacial score (nSPS) is 14.4. The number of carbonyl (C=O) groups is 1. The van der Waals surface area contributed by atoms with Crippen molar-refractivity contribution >= 4 is 55.9 Å². The monoisotopic (exact) mass is 693 g/mol. The zero-order chi connectivity index (χ0) is 29.2. The minimum absolute atomic E-state index is 0.223. The zero-order valence-electron chi connectivity index (χ0n) is 21.2. The van der Waals surface area contributed by atoms with Crippen LogP contribution < -0.4 is 20.2 Å². The number of carbonyl (C=O) groups excluding carboxylic acids is 1. The molecule has 214 valence electrons. The number of hydrogen-bond acceptors (Lipinski definition) is 6. The van der Waals surface area contributed by atoms with Gasteiger partial charge in [0.15, 0.2) is 23.3 Å². The molecule has 0 bridgehead atoms. The highest BCUT2D eigenvalue weighted by Gasteiger charge is 2.36. The number of pyridine rings is 1. The van der Waals surface area contributed by atoms with Crippen LogP contribution in [0.25, 0.3) is 0 Å². The third-order valence-corrected chi connectivity index (χ3v) is 8.23. The average Bonchev–Trinajstić information content (AvgIpc) is 2.86. The molecule has 0 saturated heterocycles. The van der Waals surface area contributed by atoms with Crippen molar-refractivity contribution < 1.29 is 35.6 Å². The Bertz CT molecular complexity index is 1570. The third kappa shape index (κ3) is 6.64. The fourth-order valence-electron chi connectivity index (χ4n) is 4.16. The molecule has 3 aromatic rings. The summed E-state index contributed by atoms with van der Waals surface area (Å²) in [5.41, 5.74) is -0.685. The average molecular weight is 693 g/mol. The van der Waals surface area contributed by atoms with E-state index in [2.05, 4.69) is 19.9 Å². The van der Waals surface area contributed by atoms with E-state index in [9.17, 15) is 17.6 Å². The van der Waals surface area contributed by atoms with Crippen LogP contribution in [-0.4, -0.2) is 32.0 Å². The minimum atomic E-state index is -4.19. The Morgan fingerprint density at radius 2 is 1.80 bits per heavy atom. The molecule has 4 N–H and O–H groups in total. The number of anilines is 3. The first-order valence-electron chi connectivity index (χ1n) is 11.8. The molecule has 1 fully saturated rings. The Kier molecular flexibility index (Phi) is 8.86. The second-order valence-corrected chi connectivity index (χ2v) is 12.1. The molecule has 0 unspecified atom stereocenters. The Morgan fingerprint density at radius 3 is 2.42 bits per heavy atom. The van der Waals surface area contributed by atoms with E-state index in [1.165, 1.54) is 12.1 Å². The van der Waals surface area contributed by atoms with Crippen molar-refractivity contribution in [1.82, 2.24) is 15.2 Å². The van der Waals surface area contributed by atoms with E-state index < -0.39 is 74.0 Å². The fourth-order valence-corrected chi connectivity index (χ4v) is 5.92. The Labute approximate surface area is 241 Å². The molecule has 1 aromatic heterocycles. The van der Waals surface area contributed by atoms with E-state index in [1.54, 1.807) is 6.92 Å². The summed E-state index contributed by atoms with van der Waals surface area (Å²) in [6.45, 7) is 1.72. The Balaban J connectivity index is 1.68. The first-order valence-corrected chi connectivity index (χ1v) is 14.4. The van der Waals surface area contributed by atoms with Crippen LogP contribution in [0.2, 0.25) is 0 Å². The summed E-state index contributed by atoms with van der Waals surface area (Å²) in [6, 6.07) is 6.08.